The molecule has 0 amide bonds. The second kappa shape index (κ2) is 5.85. The first kappa shape index (κ1) is 14.1. The Morgan fingerprint density at radius 1 is 1.32 bits per heavy atom. The molecule has 6 nitrogen and oxygen atoms in total. The molecule has 2 heterocycles. The lowest BCUT2D eigenvalue weighted by molar-refractivity contribution is 0.0465. The molecular weight excluding hydrogens is 280 g/mol. The molecule has 6 heteroatoms. The lowest BCUT2D eigenvalue weighted by Gasteiger charge is -2.03. The summed E-state index contributed by atoms with van der Waals surface area (Å²) in [5.74, 6) is 0.171. The predicted molar refractivity (Wildman–Crippen MR) is 81.1 cm³/mol. The number of imidazole rings is 1. The van der Waals surface area contributed by atoms with Crippen LogP contribution < -0.4 is 0 Å². The van der Waals surface area contributed by atoms with Crippen LogP contribution in [-0.2, 0) is 18.4 Å². The SMILES string of the molecule is Cc1[nH]c(-c2cnn(C)c2)nc1C(=O)OCc1ccccc1. The van der Waals surface area contributed by atoms with Gasteiger partial charge >= 0.3 is 5.97 Å². The standard InChI is InChI=1S/C16H16N4O2/c1-11-14(16(21)22-10-12-6-4-3-5-7-12)19-15(18-11)13-8-17-20(2)9-13/h3-9H,10H2,1-2H3,(H,18,19). The van der Waals surface area contributed by atoms with Gasteiger partial charge in [-0.25, -0.2) is 9.78 Å². The summed E-state index contributed by atoms with van der Waals surface area (Å²) in [7, 11) is 1.83. The number of aromatic amines is 1. The maximum Gasteiger partial charge on any atom is 0.359 e. The Kier molecular flexibility index (Phi) is 3.74. The Bertz CT molecular complexity index is 790. The second-order valence-corrected chi connectivity index (χ2v) is 5.02. The number of nitrogens with zero attached hydrogens (tertiary/aromatic N) is 3. The zero-order valence-electron chi connectivity index (χ0n) is 12.4. The summed E-state index contributed by atoms with van der Waals surface area (Å²) >= 11 is 0. The number of hydrogen-bond donors (Lipinski definition) is 1. The number of ether oxygens (including phenoxy) is 1. The molecule has 0 fully saturated rings. The van der Waals surface area contributed by atoms with Crippen LogP contribution in [0.3, 0.4) is 0 Å². The molecule has 0 spiro atoms. The van der Waals surface area contributed by atoms with Crippen LogP contribution in [-0.4, -0.2) is 25.7 Å². The molecule has 0 radical (unpaired) electrons. The van der Waals surface area contributed by atoms with Crippen LogP contribution in [0, 0.1) is 6.92 Å². The second-order valence-electron chi connectivity index (χ2n) is 5.02. The van der Waals surface area contributed by atoms with E-state index >= 15 is 0 Å². The number of esters is 1. The first-order valence-electron chi connectivity index (χ1n) is 6.90. The van der Waals surface area contributed by atoms with Crippen LogP contribution in [0.25, 0.3) is 11.4 Å². The number of hydrogen-bond acceptors (Lipinski definition) is 4. The normalized spacial score (nSPS) is 10.6. The van der Waals surface area contributed by atoms with Crippen molar-refractivity contribution >= 4 is 5.97 Å². The third-order valence-corrected chi connectivity index (χ3v) is 3.27. The molecule has 3 aromatic rings. The van der Waals surface area contributed by atoms with Crippen LogP contribution in [0.5, 0.6) is 0 Å². The number of aryl methyl sites for hydroxylation is 2. The van der Waals surface area contributed by atoms with Gasteiger partial charge in [0.15, 0.2) is 5.69 Å². The Labute approximate surface area is 127 Å². The number of carbonyl (C=O) groups excluding carboxylic acids is 1. The van der Waals surface area contributed by atoms with Gasteiger partial charge in [-0.1, -0.05) is 30.3 Å². The molecule has 0 bridgehead atoms. The van der Waals surface area contributed by atoms with Crippen molar-refractivity contribution in [1.82, 2.24) is 19.7 Å². The zero-order valence-corrected chi connectivity index (χ0v) is 12.4. The molecular formula is C16H16N4O2. The minimum atomic E-state index is -0.437. The largest absolute Gasteiger partial charge is 0.456 e. The smallest absolute Gasteiger partial charge is 0.359 e. The van der Waals surface area contributed by atoms with Crippen molar-refractivity contribution in [1.29, 1.82) is 0 Å². The first-order valence-corrected chi connectivity index (χ1v) is 6.90. The Hall–Kier alpha value is -2.89. The summed E-state index contributed by atoms with van der Waals surface area (Å²) in [6, 6.07) is 9.55. The van der Waals surface area contributed by atoms with Crippen molar-refractivity contribution in [2.24, 2.45) is 7.05 Å². The van der Waals surface area contributed by atoms with Crippen molar-refractivity contribution < 1.29 is 9.53 Å². The Morgan fingerprint density at radius 3 is 2.77 bits per heavy atom. The molecule has 2 aromatic heterocycles. The highest BCUT2D eigenvalue weighted by Crippen LogP contribution is 2.18. The quantitative estimate of drug-likeness (QED) is 0.751. The number of carbonyl (C=O) groups is 1. The zero-order chi connectivity index (χ0) is 15.5. The van der Waals surface area contributed by atoms with E-state index in [0.29, 0.717) is 17.2 Å². The molecule has 0 aliphatic heterocycles. The van der Waals surface area contributed by atoms with Gasteiger partial charge in [0.05, 0.1) is 11.8 Å². The first-order chi connectivity index (χ1) is 10.6. The fraction of sp³-hybridized carbons (Fsp3) is 0.188. The Morgan fingerprint density at radius 2 is 2.09 bits per heavy atom. The van der Waals surface area contributed by atoms with Gasteiger partial charge in [-0.2, -0.15) is 5.10 Å². The average molecular weight is 296 g/mol. The summed E-state index contributed by atoms with van der Waals surface area (Å²) in [6.07, 6.45) is 3.52. The molecule has 0 saturated carbocycles. The van der Waals surface area contributed by atoms with Gasteiger partial charge in [-0.15, -0.1) is 0 Å². The monoisotopic (exact) mass is 296 g/mol. The maximum atomic E-state index is 12.2. The van der Waals surface area contributed by atoms with E-state index in [2.05, 4.69) is 15.1 Å². The van der Waals surface area contributed by atoms with E-state index in [-0.39, 0.29) is 6.61 Å². The van der Waals surface area contributed by atoms with Gasteiger partial charge < -0.3 is 9.72 Å². The highest BCUT2D eigenvalue weighted by Gasteiger charge is 2.17. The van der Waals surface area contributed by atoms with E-state index < -0.39 is 5.97 Å². The predicted octanol–water partition coefficient (Wildman–Crippen LogP) is 2.48. The lowest BCUT2D eigenvalue weighted by atomic mass is 10.2. The fourth-order valence-electron chi connectivity index (χ4n) is 2.13. The summed E-state index contributed by atoms with van der Waals surface area (Å²) < 4.78 is 6.99. The van der Waals surface area contributed by atoms with Crippen LogP contribution >= 0.6 is 0 Å². The van der Waals surface area contributed by atoms with Crippen LogP contribution in [0.4, 0.5) is 0 Å². The fourth-order valence-corrected chi connectivity index (χ4v) is 2.13. The van der Waals surface area contributed by atoms with Crippen molar-refractivity contribution in [3.63, 3.8) is 0 Å². The minimum absolute atomic E-state index is 0.230. The number of H-pyrrole nitrogens is 1. The van der Waals surface area contributed by atoms with Crippen LogP contribution in [0.1, 0.15) is 21.7 Å². The van der Waals surface area contributed by atoms with Gasteiger partial charge in [0.1, 0.15) is 12.4 Å². The highest BCUT2D eigenvalue weighted by molar-refractivity contribution is 5.89. The molecule has 112 valence electrons. The third kappa shape index (κ3) is 2.90. The number of rotatable bonds is 4. The van der Waals surface area contributed by atoms with E-state index in [4.69, 9.17) is 4.74 Å². The Balaban J connectivity index is 1.74. The van der Waals surface area contributed by atoms with Crippen molar-refractivity contribution in [3.05, 3.63) is 59.7 Å². The van der Waals surface area contributed by atoms with E-state index in [1.807, 2.05) is 43.6 Å². The molecule has 0 unspecified atom stereocenters. The van der Waals surface area contributed by atoms with Gasteiger partial charge in [-0.3, -0.25) is 4.68 Å². The highest BCUT2D eigenvalue weighted by atomic mass is 16.5. The van der Waals surface area contributed by atoms with Crippen LogP contribution in [0.15, 0.2) is 42.7 Å². The summed E-state index contributed by atoms with van der Waals surface area (Å²) in [4.78, 5) is 19.6. The molecule has 22 heavy (non-hydrogen) atoms. The van der Waals surface area contributed by atoms with Gasteiger partial charge in [0.2, 0.25) is 0 Å². The summed E-state index contributed by atoms with van der Waals surface area (Å²) in [6.45, 7) is 2.03. The van der Waals surface area contributed by atoms with E-state index in [0.717, 1.165) is 11.1 Å². The van der Waals surface area contributed by atoms with E-state index in [1.165, 1.54) is 0 Å². The van der Waals surface area contributed by atoms with Crippen LogP contribution in [0.2, 0.25) is 0 Å². The molecule has 0 atom stereocenters. The van der Waals surface area contributed by atoms with E-state index in [9.17, 15) is 4.79 Å². The van der Waals surface area contributed by atoms with Gasteiger partial charge in [-0.05, 0) is 12.5 Å². The maximum absolute atomic E-state index is 12.2. The van der Waals surface area contributed by atoms with Gasteiger partial charge in [0.25, 0.3) is 0 Å². The van der Waals surface area contributed by atoms with Crippen molar-refractivity contribution in [3.8, 4) is 11.4 Å². The van der Waals surface area contributed by atoms with Crippen molar-refractivity contribution in [2.45, 2.75) is 13.5 Å². The topological polar surface area (TPSA) is 72.8 Å². The summed E-state index contributed by atoms with van der Waals surface area (Å²) in [5.41, 5.74) is 2.75. The molecule has 1 N–H and O–H groups in total. The molecule has 0 aliphatic carbocycles. The minimum Gasteiger partial charge on any atom is -0.456 e. The third-order valence-electron chi connectivity index (χ3n) is 3.27. The lowest BCUT2D eigenvalue weighted by Crippen LogP contribution is -2.07. The number of benzene rings is 1. The van der Waals surface area contributed by atoms with Crippen molar-refractivity contribution in [2.75, 3.05) is 0 Å². The molecule has 1 aromatic carbocycles. The summed E-state index contributed by atoms with van der Waals surface area (Å²) in [5, 5.41) is 4.09. The van der Waals surface area contributed by atoms with Gasteiger partial charge in [0, 0.05) is 18.9 Å². The molecule has 3 rings (SSSR count). The average Bonchev–Trinajstić information content (AvgIpc) is 3.12. The number of nitrogens with one attached hydrogen (secondary N) is 1. The van der Waals surface area contributed by atoms with E-state index in [1.54, 1.807) is 17.8 Å². The number of aromatic nitrogens is 4. The molecule has 0 aliphatic rings. The molecule has 0 saturated heterocycles.